The molecule has 29 heavy (non-hydrogen) atoms. The summed E-state index contributed by atoms with van der Waals surface area (Å²) in [6.07, 6.45) is 0.0985. The Bertz CT molecular complexity index is 1160. The molecule has 0 saturated heterocycles. The molecule has 0 atom stereocenters. The molecular formula is C21H17NO6S. The number of carbonyl (C=O) groups excluding carboxylic acids is 1. The highest BCUT2D eigenvalue weighted by Gasteiger charge is 2.28. The van der Waals surface area contributed by atoms with Crippen molar-refractivity contribution in [1.82, 2.24) is 0 Å². The van der Waals surface area contributed by atoms with E-state index in [0.717, 1.165) is 11.6 Å². The van der Waals surface area contributed by atoms with Gasteiger partial charge in [0.25, 0.3) is 10.1 Å². The zero-order valence-electron chi connectivity index (χ0n) is 15.2. The van der Waals surface area contributed by atoms with E-state index < -0.39 is 32.3 Å². The van der Waals surface area contributed by atoms with Gasteiger partial charge in [0.2, 0.25) is 6.54 Å². The maximum Gasteiger partial charge on any atom is 0.295 e. The molecule has 0 fully saturated rings. The second-order valence-corrected chi connectivity index (χ2v) is 7.79. The molecule has 0 saturated carbocycles. The van der Waals surface area contributed by atoms with Crippen LogP contribution in [0.3, 0.4) is 0 Å². The molecule has 1 N–H and O–H groups in total. The lowest BCUT2D eigenvalue weighted by Gasteiger charge is -2.16. The first kappa shape index (κ1) is 20.4. The van der Waals surface area contributed by atoms with Crippen molar-refractivity contribution < 1.29 is 22.7 Å². The Kier molecular flexibility index (Phi) is 5.86. The summed E-state index contributed by atoms with van der Waals surface area (Å²) in [5, 5.41) is 11.2. The minimum absolute atomic E-state index is 0.0985. The van der Waals surface area contributed by atoms with Crippen LogP contribution in [-0.2, 0) is 23.1 Å². The highest BCUT2D eigenvalue weighted by molar-refractivity contribution is 7.86. The smallest absolute Gasteiger partial charge is 0.289 e. The van der Waals surface area contributed by atoms with Gasteiger partial charge in [0.15, 0.2) is 5.78 Å². The Morgan fingerprint density at radius 3 is 2.07 bits per heavy atom. The molecule has 148 valence electrons. The molecule has 3 rings (SSSR count). The first-order valence-electron chi connectivity index (χ1n) is 8.65. The van der Waals surface area contributed by atoms with E-state index in [9.17, 15) is 27.9 Å². The lowest BCUT2D eigenvalue weighted by atomic mass is 9.90. The molecule has 0 aliphatic heterocycles. The molecular weight excluding hydrogens is 394 g/mol. The van der Waals surface area contributed by atoms with Crippen LogP contribution in [-0.4, -0.2) is 23.7 Å². The summed E-state index contributed by atoms with van der Waals surface area (Å²) in [4.78, 5) is 23.3. The van der Waals surface area contributed by atoms with Crippen molar-refractivity contribution in [3.63, 3.8) is 0 Å². The van der Waals surface area contributed by atoms with E-state index in [1.807, 2.05) is 0 Å². The number of hydrogen-bond donors (Lipinski definition) is 1. The molecule has 0 aliphatic carbocycles. The van der Waals surface area contributed by atoms with Crippen LogP contribution in [0, 0.1) is 10.1 Å². The van der Waals surface area contributed by atoms with Crippen molar-refractivity contribution >= 4 is 15.9 Å². The van der Waals surface area contributed by atoms with Gasteiger partial charge in [-0.05, 0) is 23.6 Å². The number of hydrogen-bond acceptors (Lipinski definition) is 5. The third-order valence-electron chi connectivity index (χ3n) is 4.44. The van der Waals surface area contributed by atoms with Crippen LogP contribution in [0.2, 0.25) is 0 Å². The molecule has 0 radical (unpaired) electrons. The fourth-order valence-electron chi connectivity index (χ4n) is 3.16. The highest BCUT2D eigenvalue weighted by Crippen LogP contribution is 2.29. The largest absolute Gasteiger partial charge is 0.295 e. The van der Waals surface area contributed by atoms with Crippen LogP contribution in [0.25, 0.3) is 0 Å². The molecule has 7 nitrogen and oxygen atoms in total. The van der Waals surface area contributed by atoms with Gasteiger partial charge in [-0.1, -0.05) is 66.7 Å². The van der Waals surface area contributed by atoms with E-state index in [2.05, 4.69) is 0 Å². The molecule has 8 heteroatoms. The number of ketones is 1. The van der Waals surface area contributed by atoms with E-state index in [1.54, 1.807) is 48.5 Å². The number of rotatable bonds is 7. The van der Waals surface area contributed by atoms with Crippen LogP contribution in [0.4, 0.5) is 0 Å². The lowest BCUT2D eigenvalue weighted by molar-refractivity contribution is -0.496. The number of benzene rings is 3. The monoisotopic (exact) mass is 411 g/mol. The number of nitro groups is 1. The summed E-state index contributed by atoms with van der Waals surface area (Å²) in [5.41, 5.74) is 1.13. The summed E-state index contributed by atoms with van der Waals surface area (Å²) in [6.45, 7) is -0.580. The number of nitrogens with zero attached hydrogens (tertiary/aromatic N) is 1. The van der Waals surface area contributed by atoms with Crippen LogP contribution in [0.1, 0.15) is 32.6 Å². The highest BCUT2D eigenvalue weighted by atomic mass is 32.2. The molecule has 0 unspecified atom stereocenters. The van der Waals surface area contributed by atoms with Crippen molar-refractivity contribution in [1.29, 1.82) is 0 Å². The van der Waals surface area contributed by atoms with Crippen molar-refractivity contribution in [3.05, 3.63) is 111 Å². The van der Waals surface area contributed by atoms with Gasteiger partial charge < -0.3 is 0 Å². The average molecular weight is 411 g/mol. The van der Waals surface area contributed by atoms with Gasteiger partial charge in [0.1, 0.15) is 4.90 Å². The Morgan fingerprint density at radius 1 is 0.931 bits per heavy atom. The predicted molar refractivity (Wildman–Crippen MR) is 106 cm³/mol. The van der Waals surface area contributed by atoms with Crippen molar-refractivity contribution in [2.24, 2.45) is 0 Å². The summed E-state index contributed by atoms with van der Waals surface area (Å²) in [7, 11) is -4.74. The van der Waals surface area contributed by atoms with Gasteiger partial charge in [-0.2, -0.15) is 8.42 Å². The third kappa shape index (κ3) is 4.74. The Morgan fingerprint density at radius 2 is 1.52 bits per heavy atom. The first-order chi connectivity index (χ1) is 13.8. The summed E-state index contributed by atoms with van der Waals surface area (Å²) < 4.78 is 33.7. The standard InChI is InChI=1S/C21H17NO6S/c23-21(16-9-5-2-6-10-16)20-18(13-15-7-3-1-4-8-15)17(14-22(24)25)11-12-19(20)29(26,27)28/h1-12H,13-14H2,(H,26,27,28). The second-order valence-electron chi connectivity index (χ2n) is 6.40. The molecule has 0 aromatic heterocycles. The molecule has 0 bridgehead atoms. The predicted octanol–water partition coefficient (Wildman–Crippen LogP) is 3.53. The van der Waals surface area contributed by atoms with Crippen LogP contribution >= 0.6 is 0 Å². The van der Waals surface area contributed by atoms with Crippen molar-refractivity contribution in [3.8, 4) is 0 Å². The van der Waals surface area contributed by atoms with Gasteiger partial charge in [0, 0.05) is 21.6 Å². The Balaban J connectivity index is 2.30. The third-order valence-corrected chi connectivity index (χ3v) is 5.33. The first-order valence-corrected chi connectivity index (χ1v) is 10.1. The summed E-state index contributed by atoms with van der Waals surface area (Å²) in [5.74, 6) is -0.630. The van der Waals surface area contributed by atoms with Crippen molar-refractivity contribution in [2.45, 2.75) is 17.9 Å². The molecule has 0 amide bonds. The fourth-order valence-corrected chi connectivity index (χ4v) is 3.87. The van der Waals surface area contributed by atoms with Gasteiger partial charge >= 0.3 is 0 Å². The topological polar surface area (TPSA) is 115 Å². The van der Waals surface area contributed by atoms with Gasteiger partial charge in [-0.25, -0.2) is 0 Å². The van der Waals surface area contributed by atoms with Crippen LogP contribution < -0.4 is 0 Å². The normalized spacial score (nSPS) is 11.2. The minimum atomic E-state index is -4.74. The quantitative estimate of drug-likeness (QED) is 0.275. The zero-order valence-corrected chi connectivity index (χ0v) is 16.0. The zero-order chi connectivity index (χ0) is 21.0. The van der Waals surface area contributed by atoms with E-state index in [4.69, 9.17) is 0 Å². The SMILES string of the molecule is O=C(c1ccccc1)c1c(S(=O)(=O)O)ccc(C[N+](=O)[O-])c1Cc1ccccc1. The van der Waals surface area contributed by atoms with E-state index in [-0.39, 0.29) is 28.7 Å². The molecule has 3 aromatic carbocycles. The lowest BCUT2D eigenvalue weighted by Crippen LogP contribution is -2.16. The van der Waals surface area contributed by atoms with Gasteiger partial charge in [-0.3, -0.25) is 19.5 Å². The molecule has 0 spiro atoms. The fraction of sp³-hybridized carbons (Fsp3) is 0.0952. The maximum absolute atomic E-state index is 13.2. The molecule has 0 heterocycles. The Hall–Kier alpha value is -3.36. The van der Waals surface area contributed by atoms with Crippen molar-refractivity contribution in [2.75, 3.05) is 0 Å². The molecule has 3 aromatic rings. The molecule has 0 aliphatic rings. The Labute approximate surface area is 167 Å². The van der Waals surface area contributed by atoms with E-state index in [0.29, 0.717) is 0 Å². The maximum atomic E-state index is 13.2. The van der Waals surface area contributed by atoms with Crippen LogP contribution in [0.5, 0.6) is 0 Å². The number of carbonyl (C=O) groups is 1. The summed E-state index contributed by atoms with van der Waals surface area (Å²) >= 11 is 0. The average Bonchev–Trinajstić information content (AvgIpc) is 2.69. The van der Waals surface area contributed by atoms with Gasteiger partial charge in [-0.15, -0.1) is 0 Å². The summed E-state index contributed by atoms with van der Waals surface area (Å²) in [6, 6.07) is 19.2. The van der Waals surface area contributed by atoms with E-state index in [1.165, 1.54) is 18.2 Å². The minimum Gasteiger partial charge on any atom is -0.289 e. The second kappa shape index (κ2) is 8.34. The van der Waals surface area contributed by atoms with Gasteiger partial charge in [0.05, 0.1) is 0 Å². The van der Waals surface area contributed by atoms with Crippen LogP contribution in [0.15, 0.2) is 77.7 Å². The van der Waals surface area contributed by atoms with E-state index >= 15 is 0 Å².